The monoisotopic (exact) mass is 335 g/mol. The van der Waals surface area contributed by atoms with E-state index in [4.69, 9.17) is 0 Å². The maximum atomic E-state index is 13.1. The molecule has 0 aliphatic carbocycles. The molecule has 2 fully saturated rings. The van der Waals surface area contributed by atoms with Crippen LogP contribution in [0, 0.1) is 5.82 Å². The number of carbonyl (C=O) groups excluding carboxylic acids is 4. The number of nitrogens with zero attached hydrogens (tertiary/aromatic N) is 2. The summed E-state index contributed by atoms with van der Waals surface area (Å²) in [6, 6.07) is 2.58. The van der Waals surface area contributed by atoms with Gasteiger partial charge in [-0.2, -0.15) is 0 Å². The first-order chi connectivity index (χ1) is 11.4. The van der Waals surface area contributed by atoms with Crippen LogP contribution in [-0.2, 0) is 19.1 Å². The Morgan fingerprint density at radius 2 is 1.92 bits per heavy atom. The second-order valence-corrected chi connectivity index (χ2v) is 5.43. The zero-order valence-electron chi connectivity index (χ0n) is 12.7. The van der Waals surface area contributed by atoms with Crippen LogP contribution in [-0.4, -0.2) is 54.5 Å². The Balaban J connectivity index is 1.91. The van der Waals surface area contributed by atoms with Crippen molar-refractivity contribution in [2.24, 2.45) is 0 Å². The van der Waals surface area contributed by atoms with Gasteiger partial charge in [0.05, 0.1) is 18.8 Å². The van der Waals surface area contributed by atoms with Crippen LogP contribution in [0.2, 0.25) is 0 Å². The van der Waals surface area contributed by atoms with Crippen LogP contribution >= 0.6 is 0 Å². The van der Waals surface area contributed by atoms with E-state index in [1.165, 1.54) is 12.1 Å². The van der Waals surface area contributed by atoms with Gasteiger partial charge in [0, 0.05) is 6.54 Å². The normalized spacial score (nSPS) is 22.9. The molecule has 1 aromatic rings. The molecule has 0 radical (unpaired) electrons. The minimum Gasteiger partial charge on any atom is -0.462 e. The molecule has 1 aromatic carbocycles. The van der Waals surface area contributed by atoms with Gasteiger partial charge in [0.25, 0.3) is 5.91 Å². The van der Waals surface area contributed by atoms with Gasteiger partial charge in [-0.05, 0) is 30.7 Å². The average Bonchev–Trinajstić information content (AvgIpc) is 2.99. The van der Waals surface area contributed by atoms with Gasteiger partial charge >= 0.3 is 17.9 Å². The molecule has 24 heavy (non-hydrogen) atoms. The number of likely N-dealkylation sites (tertiary alicyclic amines) is 1. The molecular weight excluding hydrogens is 321 g/mol. The zero-order valence-corrected chi connectivity index (χ0v) is 12.7. The molecule has 0 aromatic heterocycles. The first kappa shape index (κ1) is 15.9. The van der Waals surface area contributed by atoms with E-state index in [9.17, 15) is 23.6 Å². The lowest BCUT2D eigenvalue weighted by molar-refractivity contribution is -0.159. The second-order valence-electron chi connectivity index (χ2n) is 5.43. The van der Waals surface area contributed by atoms with Crippen LogP contribution in [0.25, 0.3) is 0 Å². The Morgan fingerprint density at radius 1 is 1.25 bits per heavy atom. The molecule has 2 heterocycles. The Kier molecular flexibility index (Phi) is 3.92. The number of methoxy groups -OCH3 is 1. The summed E-state index contributed by atoms with van der Waals surface area (Å²) >= 11 is 0. The van der Waals surface area contributed by atoms with E-state index in [1.54, 1.807) is 0 Å². The van der Waals surface area contributed by atoms with E-state index < -0.39 is 41.7 Å². The highest BCUT2D eigenvalue weighted by Crippen LogP contribution is 2.28. The van der Waals surface area contributed by atoms with E-state index in [2.05, 4.69) is 10.1 Å². The number of rotatable bonds is 1. The fourth-order valence-electron chi connectivity index (χ4n) is 2.97. The van der Waals surface area contributed by atoms with Crippen molar-refractivity contribution in [1.29, 1.82) is 0 Å². The predicted molar refractivity (Wildman–Crippen MR) is 78.3 cm³/mol. The lowest BCUT2D eigenvalue weighted by Gasteiger charge is -2.36. The zero-order chi connectivity index (χ0) is 17.4. The summed E-state index contributed by atoms with van der Waals surface area (Å²) in [6.07, 6.45) is 0.349. The predicted octanol–water partition coefficient (Wildman–Crippen LogP) is 0.0244. The highest BCUT2D eigenvalue weighted by atomic mass is 19.1. The van der Waals surface area contributed by atoms with Crippen molar-refractivity contribution in [3.8, 4) is 0 Å². The van der Waals surface area contributed by atoms with Gasteiger partial charge < -0.3 is 15.0 Å². The third kappa shape index (κ3) is 2.47. The number of esters is 1. The van der Waals surface area contributed by atoms with Crippen LogP contribution in [0.1, 0.15) is 6.42 Å². The van der Waals surface area contributed by atoms with Crippen molar-refractivity contribution in [3.63, 3.8) is 0 Å². The largest absolute Gasteiger partial charge is 0.462 e. The van der Waals surface area contributed by atoms with Crippen molar-refractivity contribution in [1.82, 2.24) is 10.2 Å². The number of imide groups is 1. The molecule has 2 unspecified atom stereocenters. The lowest BCUT2D eigenvalue weighted by Crippen LogP contribution is -2.65. The van der Waals surface area contributed by atoms with Crippen LogP contribution < -0.4 is 10.2 Å². The first-order valence-corrected chi connectivity index (χ1v) is 7.23. The summed E-state index contributed by atoms with van der Waals surface area (Å²) in [5.41, 5.74) is 0.176. The molecule has 0 saturated carbocycles. The number of nitrogens with one attached hydrogen (secondary N) is 1. The quantitative estimate of drug-likeness (QED) is 0.577. The van der Waals surface area contributed by atoms with Crippen molar-refractivity contribution in [2.45, 2.75) is 18.5 Å². The first-order valence-electron chi connectivity index (χ1n) is 7.23. The summed E-state index contributed by atoms with van der Waals surface area (Å²) in [6.45, 7) is 0.145. The van der Waals surface area contributed by atoms with E-state index in [1.807, 2.05) is 0 Å². The maximum absolute atomic E-state index is 13.1. The molecule has 8 nitrogen and oxygen atoms in total. The van der Waals surface area contributed by atoms with E-state index in [0.717, 1.165) is 29.0 Å². The molecule has 126 valence electrons. The molecule has 9 heteroatoms. The van der Waals surface area contributed by atoms with E-state index in [-0.39, 0.29) is 12.2 Å². The van der Waals surface area contributed by atoms with E-state index in [0.29, 0.717) is 6.42 Å². The Hall–Kier alpha value is -2.97. The summed E-state index contributed by atoms with van der Waals surface area (Å²) in [5, 5.41) is 2.64. The number of benzene rings is 1. The van der Waals surface area contributed by atoms with E-state index >= 15 is 0 Å². The van der Waals surface area contributed by atoms with Crippen LogP contribution in [0.5, 0.6) is 0 Å². The molecular formula is C15H14FN3O5. The van der Waals surface area contributed by atoms with Crippen LogP contribution in [0.4, 0.5) is 14.9 Å². The topological polar surface area (TPSA) is 96.0 Å². The Bertz CT molecular complexity index is 720. The molecule has 2 saturated heterocycles. The number of carbonyl (C=O) groups is 4. The number of urea groups is 1. The SMILES string of the molecule is COC(=O)C(=O)N1CCC2NC(=O)N(c3ccc(F)cc3)C(=O)C21. The summed E-state index contributed by atoms with van der Waals surface area (Å²) in [7, 11) is 1.07. The van der Waals surface area contributed by atoms with Gasteiger partial charge in [0.2, 0.25) is 0 Å². The summed E-state index contributed by atoms with van der Waals surface area (Å²) < 4.78 is 17.5. The highest BCUT2D eigenvalue weighted by Gasteiger charge is 2.51. The Morgan fingerprint density at radius 3 is 2.54 bits per heavy atom. The summed E-state index contributed by atoms with van der Waals surface area (Å²) in [4.78, 5) is 50.4. The molecule has 0 spiro atoms. The number of ether oxygens (including phenoxy) is 1. The number of hydrogen-bond donors (Lipinski definition) is 1. The minimum absolute atomic E-state index is 0.145. The molecule has 1 N–H and O–H groups in total. The van der Waals surface area contributed by atoms with Gasteiger partial charge in [-0.1, -0.05) is 0 Å². The average molecular weight is 335 g/mol. The number of fused-ring (bicyclic) bond motifs is 1. The fourth-order valence-corrected chi connectivity index (χ4v) is 2.97. The Labute approximate surface area is 136 Å². The van der Waals surface area contributed by atoms with Gasteiger partial charge in [-0.25, -0.2) is 18.9 Å². The third-order valence-corrected chi connectivity index (χ3v) is 4.09. The smallest absolute Gasteiger partial charge is 0.396 e. The maximum Gasteiger partial charge on any atom is 0.396 e. The molecule has 3 rings (SSSR count). The lowest BCUT2D eigenvalue weighted by atomic mass is 10.0. The van der Waals surface area contributed by atoms with Crippen molar-refractivity contribution in [3.05, 3.63) is 30.1 Å². The van der Waals surface area contributed by atoms with Gasteiger partial charge in [-0.3, -0.25) is 9.59 Å². The molecule has 2 atom stereocenters. The van der Waals surface area contributed by atoms with Crippen LogP contribution in [0.15, 0.2) is 24.3 Å². The number of halogens is 1. The van der Waals surface area contributed by atoms with Gasteiger partial charge in [0.1, 0.15) is 11.9 Å². The number of amides is 4. The minimum atomic E-state index is -1.08. The van der Waals surface area contributed by atoms with Gasteiger partial charge in [-0.15, -0.1) is 0 Å². The molecule has 2 aliphatic rings. The third-order valence-electron chi connectivity index (χ3n) is 4.09. The standard InChI is InChI=1S/C15H14FN3O5/c1-24-14(22)13(21)18-7-6-10-11(18)12(20)19(15(23)17-10)9-4-2-8(16)3-5-9/h2-5,10-11H,6-7H2,1H3,(H,17,23). The number of anilines is 1. The number of hydrogen-bond acceptors (Lipinski definition) is 5. The van der Waals surface area contributed by atoms with Crippen LogP contribution in [0.3, 0.4) is 0 Å². The molecule has 2 aliphatic heterocycles. The fraction of sp³-hybridized carbons (Fsp3) is 0.333. The highest BCUT2D eigenvalue weighted by molar-refractivity contribution is 6.33. The van der Waals surface area contributed by atoms with Gasteiger partial charge in [0.15, 0.2) is 0 Å². The summed E-state index contributed by atoms with van der Waals surface area (Å²) in [5.74, 6) is -3.17. The molecule has 4 amide bonds. The molecule has 0 bridgehead atoms. The van der Waals surface area contributed by atoms with Crippen molar-refractivity contribution >= 4 is 29.5 Å². The van der Waals surface area contributed by atoms with Crippen molar-refractivity contribution in [2.75, 3.05) is 18.6 Å². The second kappa shape index (κ2) is 5.91. The van der Waals surface area contributed by atoms with Crippen molar-refractivity contribution < 1.29 is 28.3 Å².